The second kappa shape index (κ2) is 9.13. The number of hydrogen-bond acceptors (Lipinski definition) is 4. The average molecular weight is 397 g/mol. The maximum absolute atomic E-state index is 12.7. The fraction of sp³-hybridized carbons (Fsp3) is 0.167. The Bertz CT molecular complexity index is 1120. The molecule has 6 heteroatoms. The molecule has 0 radical (unpaired) electrons. The van der Waals surface area contributed by atoms with Gasteiger partial charge in [-0.1, -0.05) is 42.5 Å². The van der Waals surface area contributed by atoms with E-state index in [1.165, 1.54) is 5.56 Å². The summed E-state index contributed by atoms with van der Waals surface area (Å²) in [4.78, 5) is 21.3. The number of pyridine rings is 1. The summed E-state index contributed by atoms with van der Waals surface area (Å²) >= 11 is 0. The molecule has 0 atom stereocenters. The van der Waals surface area contributed by atoms with Crippen LogP contribution in [0, 0.1) is 6.92 Å². The van der Waals surface area contributed by atoms with E-state index in [0.717, 1.165) is 29.1 Å². The van der Waals surface area contributed by atoms with Crippen molar-refractivity contribution in [1.82, 2.24) is 25.1 Å². The highest BCUT2D eigenvalue weighted by atomic mass is 16.2. The molecular weight excluding hydrogens is 374 g/mol. The van der Waals surface area contributed by atoms with E-state index in [1.54, 1.807) is 17.1 Å². The Kier molecular flexibility index (Phi) is 5.94. The molecule has 30 heavy (non-hydrogen) atoms. The summed E-state index contributed by atoms with van der Waals surface area (Å²) in [6, 6.07) is 22.0. The molecule has 0 aliphatic rings. The number of aryl methyl sites for hydroxylation is 3. The zero-order valence-corrected chi connectivity index (χ0v) is 16.8. The van der Waals surface area contributed by atoms with Crippen LogP contribution in [0.25, 0.3) is 5.69 Å². The zero-order chi connectivity index (χ0) is 20.8. The summed E-state index contributed by atoms with van der Waals surface area (Å²) in [6.07, 6.45) is 4.91. The molecule has 0 saturated heterocycles. The predicted molar refractivity (Wildman–Crippen MR) is 115 cm³/mol. The van der Waals surface area contributed by atoms with Crippen LogP contribution in [0.2, 0.25) is 0 Å². The van der Waals surface area contributed by atoms with E-state index in [2.05, 4.69) is 32.5 Å². The lowest BCUT2D eigenvalue weighted by molar-refractivity contribution is 0.0940. The number of benzene rings is 2. The minimum atomic E-state index is -0.292. The first-order valence-electron chi connectivity index (χ1n) is 9.93. The third-order valence-corrected chi connectivity index (χ3v) is 4.81. The average Bonchev–Trinajstić information content (AvgIpc) is 3.22. The molecule has 2 aromatic heterocycles. The van der Waals surface area contributed by atoms with Crippen molar-refractivity contribution in [2.24, 2.45) is 0 Å². The first-order chi connectivity index (χ1) is 14.7. The largest absolute Gasteiger partial charge is 0.345 e. The van der Waals surface area contributed by atoms with Gasteiger partial charge in [-0.15, -0.1) is 5.10 Å². The van der Waals surface area contributed by atoms with Crippen molar-refractivity contribution >= 4 is 5.91 Å². The van der Waals surface area contributed by atoms with Gasteiger partial charge in [0.1, 0.15) is 5.82 Å². The monoisotopic (exact) mass is 397 g/mol. The maximum Gasteiger partial charge on any atom is 0.291 e. The number of amides is 1. The van der Waals surface area contributed by atoms with Gasteiger partial charge in [0.05, 0.1) is 5.69 Å². The number of aromatic nitrogens is 4. The van der Waals surface area contributed by atoms with Gasteiger partial charge in [0.2, 0.25) is 5.82 Å². The predicted octanol–water partition coefficient (Wildman–Crippen LogP) is 3.69. The fourth-order valence-corrected chi connectivity index (χ4v) is 3.23. The summed E-state index contributed by atoms with van der Waals surface area (Å²) in [5.41, 5.74) is 4.22. The van der Waals surface area contributed by atoms with Crippen molar-refractivity contribution in [1.29, 1.82) is 0 Å². The lowest BCUT2D eigenvalue weighted by Crippen LogP contribution is -2.24. The third-order valence-electron chi connectivity index (χ3n) is 4.81. The maximum atomic E-state index is 12.7. The number of carbonyl (C=O) groups is 1. The van der Waals surface area contributed by atoms with Crippen LogP contribution in [0.1, 0.15) is 33.1 Å². The minimum absolute atomic E-state index is 0.175. The van der Waals surface area contributed by atoms with E-state index in [-0.39, 0.29) is 11.7 Å². The zero-order valence-electron chi connectivity index (χ0n) is 16.8. The molecule has 0 spiro atoms. The van der Waals surface area contributed by atoms with Crippen LogP contribution < -0.4 is 5.32 Å². The Morgan fingerprint density at radius 1 is 0.933 bits per heavy atom. The van der Waals surface area contributed by atoms with Crippen LogP contribution in [0.4, 0.5) is 0 Å². The molecule has 6 nitrogen and oxygen atoms in total. The van der Waals surface area contributed by atoms with E-state index in [9.17, 15) is 4.79 Å². The van der Waals surface area contributed by atoms with Crippen molar-refractivity contribution in [3.05, 3.63) is 107 Å². The molecule has 0 aliphatic heterocycles. The van der Waals surface area contributed by atoms with Gasteiger partial charge in [0, 0.05) is 25.4 Å². The normalized spacial score (nSPS) is 10.7. The van der Waals surface area contributed by atoms with Gasteiger partial charge in [-0.05, 0) is 54.3 Å². The number of nitrogens with one attached hydrogen (secondary N) is 1. The van der Waals surface area contributed by atoms with Gasteiger partial charge in [-0.25, -0.2) is 9.67 Å². The van der Waals surface area contributed by atoms with Crippen LogP contribution in [0.3, 0.4) is 0 Å². The Labute approximate surface area is 175 Å². The highest BCUT2D eigenvalue weighted by molar-refractivity contribution is 5.90. The second-order valence-corrected chi connectivity index (χ2v) is 7.13. The summed E-state index contributed by atoms with van der Waals surface area (Å²) in [7, 11) is 0. The van der Waals surface area contributed by atoms with Crippen molar-refractivity contribution in [3.63, 3.8) is 0 Å². The Morgan fingerprint density at radius 2 is 1.73 bits per heavy atom. The van der Waals surface area contributed by atoms with Crippen LogP contribution in [0.15, 0.2) is 79.1 Å². The Morgan fingerprint density at radius 3 is 2.50 bits per heavy atom. The number of hydrogen-bond donors (Lipinski definition) is 1. The second-order valence-electron chi connectivity index (χ2n) is 7.13. The summed E-state index contributed by atoms with van der Waals surface area (Å²) < 4.78 is 1.78. The summed E-state index contributed by atoms with van der Waals surface area (Å²) in [5.74, 6) is 0.645. The van der Waals surface area contributed by atoms with E-state index < -0.39 is 0 Å². The molecule has 0 unspecified atom stereocenters. The quantitative estimate of drug-likeness (QED) is 0.516. The molecule has 0 saturated carbocycles. The summed E-state index contributed by atoms with van der Waals surface area (Å²) in [5, 5.41) is 7.41. The highest BCUT2D eigenvalue weighted by Gasteiger charge is 2.17. The number of rotatable bonds is 7. The van der Waals surface area contributed by atoms with Gasteiger partial charge in [-0.2, -0.15) is 0 Å². The summed E-state index contributed by atoms with van der Waals surface area (Å²) in [6.45, 7) is 2.44. The minimum Gasteiger partial charge on any atom is -0.345 e. The standard InChI is InChI=1S/C24H23N5O/c1-18-6-5-9-21(16-18)29-22(11-10-19-7-3-2-4-8-19)27-23(28-29)24(30)26-17-20-12-14-25-15-13-20/h2-9,12-16H,10-11,17H2,1H3,(H,26,30). The number of nitrogens with zero attached hydrogens (tertiary/aromatic N) is 4. The van der Waals surface area contributed by atoms with Gasteiger partial charge in [0.25, 0.3) is 5.91 Å². The highest BCUT2D eigenvalue weighted by Crippen LogP contribution is 2.14. The Hall–Kier alpha value is -3.80. The van der Waals surface area contributed by atoms with Crippen LogP contribution >= 0.6 is 0 Å². The molecule has 0 fully saturated rings. The molecule has 4 rings (SSSR count). The van der Waals surface area contributed by atoms with E-state index in [0.29, 0.717) is 13.0 Å². The van der Waals surface area contributed by atoms with E-state index in [1.807, 2.05) is 61.5 Å². The van der Waals surface area contributed by atoms with Gasteiger partial charge >= 0.3 is 0 Å². The van der Waals surface area contributed by atoms with Crippen molar-refractivity contribution in [2.45, 2.75) is 26.3 Å². The lowest BCUT2D eigenvalue weighted by atomic mass is 10.1. The molecule has 2 aromatic carbocycles. The van der Waals surface area contributed by atoms with Crippen molar-refractivity contribution in [2.75, 3.05) is 0 Å². The van der Waals surface area contributed by atoms with Gasteiger partial charge in [0.15, 0.2) is 0 Å². The van der Waals surface area contributed by atoms with E-state index in [4.69, 9.17) is 0 Å². The molecule has 1 amide bonds. The molecule has 2 heterocycles. The van der Waals surface area contributed by atoms with Crippen LogP contribution in [-0.4, -0.2) is 25.7 Å². The Balaban J connectivity index is 1.57. The van der Waals surface area contributed by atoms with Crippen LogP contribution in [-0.2, 0) is 19.4 Å². The molecule has 1 N–H and O–H groups in total. The molecule has 0 bridgehead atoms. The third kappa shape index (κ3) is 4.78. The van der Waals surface area contributed by atoms with Crippen molar-refractivity contribution < 1.29 is 4.79 Å². The molecule has 150 valence electrons. The van der Waals surface area contributed by atoms with Crippen LogP contribution in [0.5, 0.6) is 0 Å². The lowest BCUT2D eigenvalue weighted by Gasteiger charge is -2.07. The molecular formula is C24H23N5O. The molecule has 0 aliphatic carbocycles. The first-order valence-corrected chi connectivity index (χ1v) is 9.93. The fourth-order valence-electron chi connectivity index (χ4n) is 3.23. The topological polar surface area (TPSA) is 72.7 Å². The van der Waals surface area contributed by atoms with Gasteiger partial charge < -0.3 is 5.32 Å². The van der Waals surface area contributed by atoms with Crippen molar-refractivity contribution in [3.8, 4) is 5.69 Å². The number of carbonyl (C=O) groups excluding carboxylic acids is 1. The SMILES string of the molecule is Cc1cccc(-n2nc(C(=O)NCc3ccncc3)nc2CCc2ccccc2)c1. The van der Waals surface area contributed by atoms with E-state index >= 15 is 0 Å². The first kappa shape index (κ1) is 19.5. The molecule has 4 aromatic rings. The van der Waals surface area contributed by atoms with Gasteiger partial charge in [-0.3, -0.25) is 9.78 Å². The smallest absolute Gasteiger partial charge is 0.291 e.